The first-order valence-corrected chi connectivity index (χ1v) is 9.11. The van der Waals surface area contributed by atoms with Crippen molar-refractivity contribution in [3.05, 3.63) is 30.1 Å². The second kappa shape index (κ2) is 4.78. The summed E-state index contributed by atoms with van der Waals surface area (Å²) >= 11 is 0. The van der Waals surface area contributed by atoms with E-state index < -0.39 is 21.3 Å². The molecule has 2 aliphatic carbocycles. The van der Waals surface area contributed by atoms with E-state index in [4.69, 9.17) is 0 Å². The van der Waals surface area contributed by atoms with Crippen molar-refractivity contribution in [3.63, 3.8) is 0 Å². The third-order valence-electron chi connectivity index (χ3n) is 5.67. The molecule has 6 heteroatoms. The topological polar surface area (TPSA) is 63.2 Å². The fourth-order valence-corrected chi connectivity index (χ4v) is 6.08. The van der Waals surface area contributed by atoms with Crippen LogP contribution in [0.5, 0.6) is 0 Å². The number of rotatable bonds is 4. The second-order valence-corrected chi connectivity index (χ2v) is 8.76. The average molecular weight is 325 g/mol. The Morgan fingerprint density at radius 3 is 2.64 bits per heavy atom. The lowest BCUT2D eigenvalue weighted by atomic mass is 9.70. The van der Waals surface area contributed by atoms with Gasteiger partial charge in [-0.1, -0.05) is 19.9 Å². The zero-order chi connectivity index (χ0) is 16.2. The Labute approximate surface area is 130 Å². The number of carbonyl (C=O) groups is 1. The van der Waals surface area contributed by atoms with Crippen molar-refractivity contribution in [2.45, 2.75) is 33.1 Å². The first-order valence-electron chi connectivity index (χ1n) is 7.46. The summed E-state index contributed by atoms with van der Waals surface area (Å²) in [5.74, 6) is -0.405. The third-order valence-corrected chi connectivity index (χ3v) is 7.09. The van der Waals surface area contributed by atoms with Crippen LogP contribution in [0.15, 0.2) is 24.3 Å². The number of hydrogen-bond donors (Lipinski definition) is 1. The van der Waals surface area contributed by atoms with Crippen LogP contribution in [-0.4, -0.2) is 20.0 Å². The van der Waals surface area contributed by atoms with Gasteiger partial charge in [0.2, 0.25) is 10.0 Å². The summed E-state index contributed by atoms with van der Waals surface area (Å²) in [6.45, 7) is 3.99. The number of nitrogens with one attached hydrogen (secondary N) is 1. The van der Waals surface area contributed by atoms with Crippen LogP contribution in [-0.2, 0) is 14.8 Å². The monoisotopic (exact) mass is 325 g/mol. The largest absolute Gasteiger partial charge is 0.299 e. The van der Waals surface area contributed by atoms with E-state index in [9.17, 15) is 17.6 Å². The number of benzene rings is 1. The molecule has 2 atom stereocenters. The Morgan fingerprint density at radius 1 is 1.36 bits per heavy atom. The van der Waals surface area contributed by atoms with Crippen molar-refractivity contribution in [2.24, 2.45) is 16.7 Å². The van der Waals surface area contributed by atoms with Gasteiger partial charge in [0.1, 0.15) is 11.6 Å². The molecule has 2 saturated carbocycles. The van der Waals surface area contributed by atoms with Crippen LogP contribution in [0.25, 0.3) is 0 Å². The van der Waals surface area contributed by atoms with Crippen molar-refractivity contribution < 1.29 is 17.6 Å². The van der Waals surface area contributed by atoms with Crippen molar-refractivity contribution in [3.8, 4) is 0 Å². The second-order valence-electron chi connectivity index (χ2n) is 7.04. The molecule has 0 radical (unpaired) electrons. The first-order chi connectivity index (χ1) is 10.2. The lowest BCUT2D eigenvalue weighted by Crippen LogP contribution is -2.43. The van der Waals surface area contributed by atoms with Crippen LogP contribution in [0, 0.1) is 22.6 Å². The molecular formula is C16H20FNO3S. The van der Waals surface area contributed by atoms with Crippen molar-refractivity contribution in [1.29, 1.82) is 0 Å². The Hall–Kier alpha value is -1.43. The molecule has 0 aliphatic heterocycles. The predicted octanol–water partition coefficient (Wildman–Crippen LogP) is 2.96. The van der Waals surface area contributed by atoms with Gasteiger partial charge in [-0.05, 0) is 42.4 Å². The Bertz CT molecular complexity index is 729. The summed E-state index contributed by atoms with van der Waals surface area (Å²) in [6, 6.07) is 5.33. The number of hydrogen-bond acceptors (Lipinski definition) is 3. The Morgan fingerprint density at radius 2 is 2.09 bits per heavy atom. The minimum atomic E-state index is -3.72. The number of fused-ring (bicyclic) bond motifs is 2. The molecule has 1 aromatic carbocycles. The van der Waals surface area contributed by atoms with E-state index >= 15 is 0 Å². The quantitative estimate of drug-likeness (QED) is 0.925. The average Bonchev–Trinajstić information content (AvgIpc) is 2.71. The maximum absolute atomic E-state index is 13.2. The molecule has 3 rings (SSSR count). The van der Waals surface area contributed by atoms with Gasteiger partial charge in [0.25, 0.3) is 0 Å². The van der Waals surface area contributed by atoms with Crippen molar-refractivity contribution in [2.75, 3.05) is 10.5 Å². The molecule has 1 N–H and O–H groups in total. The van der Waals surface area contributed by atoms with Crippen LogP contribution in [0.2, 0.25) is 0 Å². The van der Waals surface area contributed by atoms with E-state index in [2.05, 4.69) is 4.72 Å². The molecule has 1 aromatic rings. The van der Waals surface area contributed by atoms with Crippen LogP contribution in [0.4, 0.5) is 10.1 Å². The molecule has 0 amide bonds. The minimum absolute atomic E-state index is 0.0540. The number of sulfonamides is 1. The Kier molecular flexibility index (Phi) is 3.36. The molecule has 0 unspecified atom stereocenters. The van der Waals surface area contributed by atoms with Gasteiger partial charge in [-0.3, -0.25) is 9.52 Å². The van der Waals surface area contributed by atoms with Crippen molar-refractivity contribution in [1.82, 2.24) is 0 Å². The molecule has 2 aliphatic rings. The van der Waals surface area contributed by atoms with Gasteiger partial charge < -0.3 is 0 Å². The summed E-state index contributed by atoms with van der Waals surface area (Å²) in [7, 11) is -3.72. The number of Topliss-reactive ketones (excluding diaryl/α,β-unsaturated/α-hetero) is 1. The normalized spacial score (nSPS) is 29.8. The van der Waals surface area contributed by atoms with Gasteiger partial charge in [-0.15, -0.1) is 0 Å². The molecule has 22 heavy (non-hydrogen) atoms. The zero-order valence-corrected chi connectivity index (χ0v) is 13.5. The van der Waals surface area contributed by atoms with Gasteiger partial charge in [0.15, 0.2) is 0 Å². The van der Waals surface area contributed by atoms with E-state index in [1.54, 1.807) is 0 Å². The van der Waals surface area contributed by atoms with E-state index in [0.29, 0.717) is 12.8 Å². The maximum Gasteiger partial charge on any atom is 0.233 e. The SMILES string of the molecule is CC1(C)[C@H]2CC[C@]1(CS(=O)(=O)Nc1cccc(F)c1)C(=O)C2. The lowest BCUT2D eigenvalue weighted by Gasteiger charge is -2.36. The van der Waals surface area contributed by atoms with E-state index in [1.807, 2.05) is 13.8 Å². The van der Waals surface area contributed by atoms with Gasteiger partial charge in [-0.25, -0.2) is 12.8 Å². The summed E-state index contributed by atoms with van der Waals surface area (Å²) in [5.41, 5.74) is -0.924. The van der Waals surface area contributed by atoms with Crippen LogP contribution < -0.4 is 4.72 Å². The smallest absolute Gasteiger partial charge is 0.233 e. The third kappa shape index (κ3) is 2.24. The molecule has 0 saturated heterocycles. The predicted molar refractivity (Wildman–Crippen MR) is 82.4 cm³/mol. The van der Waals surface area contributed by atoms with Crippen LogP contribution in [0.1, 0.15) is 33.1 Å². The fraction of sp³-hybridized carbons (Fsp3) is 0.562. The van der Waals surface area contributed by atoms with Crippen LogP contribution >= 0.6 is 0 Å². The van der Waals surface area contributed by atoms with Gasteiger partial charge in [0.05, 0.1) is 16.9 Å². The number of carbonyl (C=O) groups excluding carboxylic acids is 1. The van der Waals surface area contributed by atoms with E-state index in [1.165, 1.54) is 18.2 Å². The fourth-order valence-electron chi connectivity index (χ4n) is 4.20. The molecule has 2 bridgehead atoms. The number of halogens is 1. The number of anilines is 1. The minimum Gasteiger partial charge on any atom is -0.299 e. The van der Waals surface area contributed by atoms with Crippen LogP contribution in [0.3, 0.4) is 0 Å². The molecule has 0 heterocycles. The van der Waals surface area contributed by atoms with Gasteiger partial charge in [0, 0.05) is 6.42 Å². The standard InChI is InChI=1S/C16H20FNO3S/c1-15(2)11-6-7-16(15,14(19)8-11)10-22(20,21)18-13-5-3-4-12(17)9-13/h3-5,9,11,18H,6-8,10H2,1-2H3/t11-,16-/m0/s1. The Balaban J connectivity index is 1.87. The van der Waals surface area contributed by atoms with Crippen molar-refractivity contribution >= 4 is 21.5 Å². The van der Waals surface area contributed by atoms with E-state index in [-0.39, 0.29) is 28.6 Å². The highest BCUT2D eigenvalue weighted by Crippen LogP contribution is 2.64. The maximum atomic E-state index is 13.2. The summed E-state index contributed by atoms with van der Waals surface area (Å²) in [6.07, 6.45) is 1.99. The van der Waals surface area contributed by atoms with E-state index in [0.717, 1.165) is 12.5 Å². The summed E-state index contributed by atoms with van der Waals surface area (Å²) in [4.78, 5) is 12.4. The first kappa shape index (κ1) is 15.5. The summed E-state index contributed by atoms with van der Waals surface area (Å²) < 4.78 is 40.6. The lowest BCUT2D eigenvalue weighted by molar-refractivity contribution is -0.128. The zero-order valence-electron chi connectivity index (χ0n) is 12.7. The molecular weight excluding hydrogens is 305 g/mol. The molecule has 2 fully saturated rings. The highest BCUT2D eigenvalue weighted by Gasteiger charge is 2.65. The molecule has 0 spiro atoms. The van der Waals surface area contributed by atoms with Gasteiger partial charge >= 0.3 is 0 Å². The molecule has 120 valence electrons. The molecule has 4 nitrogen and oxygen atoms in total. The highest BCUT2D eigenvalue weighted by atomic mass is 32.2. The highest BCUT2D eigenvalue weighted by molar-refractivity contribution is 7.92. The summed E-state index contributed by atoms with van der Waals surface area (Å²) in [5, 5.41) is 0. The number of ketones is 1. The van der Waals surface area contributed by atoms with Gasteiger partial charge in [-0.2, -0.15) is 0 Å². The molecule has 0 aromatic heterocycles.